The van der Waals surface area contributed by atoms with E-state index in [1.165, 1.54) is 48.4 Å². The maximum atomic E-state index is 13.4. The number of benzene rings is 2. The summed E-state index contributed by atoms with van der Waals surface area (Å²) in [5.41, 5.74) is 2.77. The second-order valence-corrected chi connectivity index (χ2v) is 8.46. The zero-order valence-electron chi connectivity index (χ0n) is 16.7. The number of hydrogen-bond donors (Lipinski definition) is 1. The molecule has 0 bridgehead atoms. The van der Waals surface area contributed by atoms with Gasteiger partial charge in [-0.05, 0) is 72.8 Å². The van der Waals surface area contributed by atoms with Gasteiger partial charge in [-0.2, -0.15) is 0 Å². The number of carbonyl (C=O) groups excluding carboxylic acids is 2. The highest BCUT2D eigenvalue weighted by atomic mass is 32.1. The molecular weight excluding hydrogens is 413 g/mol. The van der Waals surface area contributed by atoms with Crippen molar-refractivity contribution in [3.63, 3.8) is 0 Å². The van der Waals surface area contributed by atoms with Crippen molar-refractivity contribution in [3.05, 3.63) is 82.4 Å². The molecule has 0 radical (unpaired) electrons. The van der Waals surface area contributed by atoms with Crippen molar-refractivity contribution in [3.8, 4) is 0 Å². The zero-order valence-corrected chi connectivity index (χ0v) is 17.5. The molecule has 1 fully saturated rings. The first-order chi connectivity index (χ1) is 15.1. The topological polar surface area (TPSA) is 52.7 Å². The molecule has 0 spiro atoms. The van der Waals surface area contributed by atoms with Gasteiger partial charge in [-0.25, -0.2) is 9.29 Å². The number of halogens is 1. The van der Waals surface area contributed by atoms with E-state index < -0.39 is 17.6 Å². The number of thiophene rings is 1. The van der Waals surface area contributed by atoms with Gasteiger partial charge < -0.3 is 10.2 Å². The van der Waals surface area contributed by atoms with Gasteiger partial charge in [-0.15, -0.1) is 11.3 Å². The number of nitrogens with one attached hydrogen (secondary N) is 1. The Morgan fingerprint density at radius 1 is 0.839 bits per heavy atom. The maximum Gasteiger partial charge on any atom is 0.282 e. The number of carbonyl (C=O) groups is 2. The van der Waals surface area contributed by atoms with Crippen LogP contribution in [0.2, 0.25) is 0 Å². The van der Waals surface area contributed by atoms with Gasteiger partial charge in [0.05, 0.1) is 11.3 Å². The van der Waals surface area contributed by atoms with Crippen molar-refractivity contribution >= 4 is 45.8 Å². The van der Waals surface area contributed by atoms with Crippen LogP contribution in [0.4, 0.5) is 21.5 Å². The molecule has 2 aromatic carbocycles. The summed E-state index contributed by atoms with van der Waals surface area (Å²) in [6.45, 7) is 2.11. The van der Waals surface area contributed by atoms with Gasteiger partial charge in [-0.3, -0.25) is 9.59 Å². The second kappa shape index (κ2) is 8.00. The van der Waals surface area contributed by atoms with Crippen molar-refractivity contribution < 1.29 is 14.0 Å². The highest BCUT2D eigenvalue weighted by molar-refractivity contribution is 7.11. The van der Waals surface area contributed by atoms with E-state index >= 15 is 0 Å². The average molecular weight is 434 g/mol. The number of anilines is 3. The lowest BCUT2D eigenvalue weighted by Gasteiger charge is -2.18. The number of nitrogens with zero attached hydrogens (tertiary/aromatic N) is 2. The Balaban J connectivity index is 1.48. The Bertz CT molecular complexity index is 1150. The van der Waals surface area contributed by atoms with E-state index in [1.54, 1.807) is 0 Å². The molecule has 1 saturated heterocycles. The molecule has 5 rings (SSSR count). The van der Waals surface area contributed by atoms with Crippen molar-refractivity contribution in [1.29, 1.82) is 0 Å². The molecule has 0 saturated carbocycles. The zero-order chi connectivity index (χ0) is 21.4. The SMILES string of the molecule is O=C1C(Nc2ccc(N3CCCC3)cc2)=C(c2cccs2)C(=O)N1c1ccc(F)cc1. The fourth-order valence-corrected chi connectivity index (χ4v) is 4.76. The third-order valence-corrected chi connectivity index (χ3v) is 6.43. The summed E-state index contributed by atoms with van der Waals surface area (Å²) in [4.78, 5) is 30.7. The van der Waals surface area contributed by atoms with Gasteiger partial charge in [0.1, 0.15) is 11.5 Å². The third-order valence-electron chi connectivity index (χ3n) is 5.54. The lowest BCUT2D eigenvalue weighted by molar-refractivity contribution is -0.120. The van der Waals surface area contributed by atoms with Gasteiger partial charge in [0.15, 0.2) is 0 Å². The summed E-state index contributed by atoms with van der Waals surface area (Å²) >= 11 is 1.39. The monoisotopic (exact) mass is 433 g/mol. The van der Waals surface area contributed by atoms with Gasteiger partial charge >= 0.3 is 0 Å². The summed E-state index contributed by atoms with van der Waals surface area (Å²) in [5.74, 6) is -1.30. The highest BCUT2D eigenvalue weighted by Gasteiger charge is 2.40. The van der Waals surface area contributed by atoms with Crippen LogP contribution in [-0.2, 0) is 9.59 Å². The fraction of sp³-hybridized carbons (Fsp3) is 0.167. The molecule has 5 nitrogen and oxygen atoms in total. The van der Waals surface area contributed by atoms with Crippen LogP contribution in [0.15, 0.2) is 71.7 Å². The lowest BCUT2D eigenvalue weighted by Crippen LogP contribution is -2.32. The molecule has 2 aliphatic heterocycles. The molecule has 3 heterocycles. The minimum Gasteiger partial charge on any atom is -0.372 e. The number of imide groups is 1. The summed E-state index contributed by atoms with van der Waals surface area (Å²) in [6, 6.07) is 16.9. The summed E-state index contributed by atoms with van der Waals surface area (Å²) in [7, 11) is 0. The van der Waals surface area contributed by atoms with Crippen molar-refractivity contribution in [2.24, 2.45) is 0 Å². The molecule has 31 heavy (non-hydrogen) atoms. The van der Waals surface area contributed by atoms with E-state index in [4.69, 9.17) is 0 Å². The number of amides is 2. The summed E-state index contributed by atoms with van der Waals surface area (Å²) in [5, 5.41) is 5.03. The first kappa shape index (κ1) is 19.5. The minimum absolute atomic E-state index is 0.227. The van der Waals surface area contributed by atoms with Crippen LogP contribution in [-0.4, -0.2) is 24.9 Å². The standard InChI is InChI=1S/C24H20FN3O2S/c25-16-5-9-19(10-6-16)28-23(29)21(20-4-3-15-31-20)22(24(28)30)26-17-7-11-18(12-8-17)27-13-1-2-14-27/h3-12,15,26H,1-2,13-14H2. The largest absolute Gasteiger partial charge is 0.372 e. The second-order valence-electron chi connectivity index (χ2n) is 7.52. The van der Waals surface area contributed by atoms with Crippen LogP contribution >= 0.6 is 11.3 Å². The van der Waals surface area contributed by atoms with Gasteiger partial charge in [-0.1, -0.05) is 6.07 Å². The Labute approximate surface area is 183 Å². The van der Waals surface area contributed by atoms with Gasteiger partial charge in [0, 0.05) is 29.3 Å². The maximum absolute atomic E-state index is 13.4. The quantitative estimate of drug-likeness (QED) is 0.583. The van der Waals surface area contributed by atoms with Gasteiger partial charge in [0.25, 0.3) is 11.8 Å². The summed E-state index contributed by atoms with van der Waals surface area (Å²) < 4.78 is 13.4. The van der Waals surface area contributed by atoms with Crippen LogP contribution in [0.25, 0.3) is 5.57 Å². The highest BCUT2D eigenvalue weighted by Crippen LogP contribution is 2.35. The Morgan fingerprint density at radius 2 is 1.52 bits per heavy atom. The van der Waals surface area contributed by atoms with E-state index in [0.29, 0.717) is 16.1 Å². The average Bonchev–Trinajstić information content (AvgIpc) is 3.53. The molecule has 2 aliphatic rings. The predicted molar refractivity (Wildman–Crippen MR) is 122 cm³/mol. The van der Waals surface area contributed by atoms with E-state index in [2.05, 4.69) is 10.2 Å². The molecule has 1 aromatic heterocycles. The molecule has 156 valence electrons. The van der Waals surface area contributed by atoms with E-state index in [1.807, 2.05) is 41.8 Å². The molecule has 1 N–H and O–H groups in total. The van der Waals surface area contributed by atoms with Crippen LogP contribution in [0.5, 0.6) is 0 Å². The molecular formula is C24H20FN3O2S. The van der Waals surface area contributed by atoms with Crippen LogP contribution in [0.1, 0.15) is 17.7 Å². The molecule has 3 aromatic rings. The normalized spacial score (nSPS) is 16.5. The van der Waals surface area contributed by atoms with Crippen molar-refractivity contribution in [2.75, 3.05) is 28.2 Å². The fourth-order valence-electron chi connectivity index (χ4n) is 3.99. The van der Waals surface area contributed by atoms with Crippen LogP contribution in [0.3, 0.4) is 0 Å². The molecule has 2 amide bonds. The van der Waals surface area contributed by atoms with Crippen molar-refractivity contribution in [2.45, 2.75) is 12.8 Å². The number of hydrogen-bond acceptors (Lipinski definition) is 5. The van der Waals surface area contributed by atoms with Crippen LogP contribution < -0.4 is 15.1 Å². The number of rotatable bonds is 5. The molecule has 0 unspecified atom stereocenters. The smallest absolute Gasteiger partial charge is 0.282 e. The van der Waals surface area contributed by atoms with E-state index in [0.717, 1.165) is 29.4 Å². The lowest BCUT2D eigenvalue weighted by atomic mass is 10.1. The Hall–Kier alpha value is -3.45. The Morgan fingerprint density at radius 3 is 2.16 bits per heavy atom. The third kappa shape index (κ3) is 3.61. The molecule has 0 atom stereocenters. The first-order valence-corrected chi connectivity index (χ1v) is 11.0. The summed E-state index contributed by atoms with van der Waals surface area (Å²) in [6.07, 6.45) is 2.40. The van der Waals surface area contributed by atoms with E-state index in [-0.39, 0.29) is 5.70 Å². The predicted octanol–water partition coefficient (Wildman–Crippen LogP) is 4.88. The van der Waals surface area contributed by atoms with Crippen molar-refractivity contribution in [1.82, 2.24) is 0 Å². The Kier molecular flexibility index (Phi) is 5.03. The van der Waals surface area contributed by atoms with Gasteiger partial charge in [0.2, 0.25) is 0 Å². The van der Waals surface area contributed by atoms with E-state index in [9.17, 15) is 14.0 Å². The molecule has 0 aliphatic carbocycles. The minimum atomic E-state index is -0.455. The first-order valence-electron chi connectivity index (χ1n) is 10.2. The molecule has 7 heteroatoms. The van der Waals surface area contributed by atoms with Crippen LogP contribution in [0, 0.1) is 5.82 Å².